The van der Waals surface area contributed by atoms with Crippen LogP contribution in [-0.2, 0) is 0 Å². The largest absolute Gasteiger partial charge is 0.331 e. The van der Waals surface area contributed by atoms with Crippen molar-refractivity contribution in [1.82, 2.24) is 5.43 Å². The van der Waals surface area contributed by atoms with Crippen molar-refractivity contribution in [2.24, 2.45) is 5.10 Å². The lowest BCUT2D eigenvalue weighted by atomic mass is 10.2. The number of rotatable bonds is 3. The van der Waals surface area contributed by atoms with Gasteiger partial charge in [-0.1, -0.05) is 30.3 Å². The van der Waals surface area contributed by atoms with Crippen LogP contribution >= 0.6 is 12.2 Å². The normalized spacial score (nSPS) is 10.4. The van der Waals surface area contributed by atoms with Gasteiger partial charge in [0.15, 0.2) is 5.11 Å². The average molecular weight is 273 g/mol. The topological polar surface area (TPSA) is 36.4 Å². The summed E-state index contributed by atoms with van der Waals surface area (Å²) in [6.45, 7) is 0. The van der Waals surface area contributed by atoms with Crippen LogP contribution in [0.25, 0.3) is 0 Å². The van der Waals surface area contributed by atoms with E-state index in [1.54, 1.807) is 12.1 Å². The number of hydrazone groups is 1. The summed E-state index contributed by atoms with van der Waals surface area (Å²) in [7, 11) is 0. The molecule has 2 aromatic carbocycles. The summed E-state index contributed by atoms with van der Waals surface area (Å²) >= 11 is 5.07. The summed E-state index contributed by atoms with van der Waals surface area (Å²) in [6.07, 6.45) is 1.50. The average Bonchev–Trinajstić information content (AvgIpc) is 2.40. The van der Waals surface area contributed by atoms with Crippen LogP contribution in [-0.4, -0.2) is 11.3 Å². The molecule has 3 nitrogen and oxygen atoms in total. The number of anilines is 1. The van der Waals surface area contributed by atoms with Crippen LogP contribution in [0.15, 0.2) is 59.7 Å². The minimum absolute atomic E-state index is 0.297. The van der Waals surface area contributed by atoms with Crippen molar-refractivity contribution in [3.63, 3.8) is 0 Å². The third kappa shape index (κ3) is 4.48. The molecule has 19 heavy (non-hydrogen) atoms. The first-order valence-electron chi connectivity index (χ1n) is 5.65. The molecule has 2 N–H and O–H groups in total. The molecule has 0 bridgehead atoms. The first-order valence-corrected chi connectivity index (χ1v) is 6.05. The smallest absolute Gasteiger partial charge is 0.191 e. The van der Waals surface area contributed by atoms with Gasteiger partial charge in [0.1, 0.15) is 5.82 Å². The number of benzene rings is 2. The first kappa shape index (κ1) is 13.2. The molecule has 0 saturated carbocycles. The second-order valence-corrected chi connectivity index (χ2v) is 4.15. The zero-order chi connectivity index (χ0) is 13.5. The zero-order valence-electron chi connectivity index (χ0n) is 10.0. The van der Waals surface area contributed by atoms with Crippen LogP contribution in [0, 0.1) is 5.82 Å². The minimum Gasteiger partial charge on any atom is -0.331 e. The highest BCUT2D eigenvalue weighted by molar-refractivity contribution is 7.80. The second-order valence-electron chi connectivity index (χ2n) is 3.75. The maximum Gasteiger partial charge on any atom is 0.191 e. The fourth-order valence-corrected chi connectivity index (χ4v) is 1.60. The van der Waals surface area contributed by atoms with Gasteiger partial charge in [0.2, 0.25) is 0 Å². The van der Waals surface area contributed by atoms with E-state index >= 15 is 0 Å². The van der Waals surface area contributed by atoms with Crippen molar-refractivity contribution >= 4 is 29.2 Å². The molecule has 0 amide bonds. The van der Waals surface area contributed by atoms with Crippen LogP contribution in [0.4, 0.5) is 10.1 Å². The fourth-order valence-electron chi connectivity index (χ4n) is 1.43. The Morgan fingerprint density at radius 2 is 1.89 bits per heavy atom. The predicted molar refractivity (Wildman–Crippen MR) is 79.8 cm³/mol. The molecule has 2 rings (SSSR count). The van der Waals surface area contributed by atoms with Crippen molar-refractivity contribution in [3.05, 3.63) is 66.0 Å². The second kappa shape index (κ2) is 6.61. The van der Waals surface area contributed by atoms with E-state index in [0.29, 0.717) is 10.7 Å². The predicted octanol–water partition coefficient (Wildman–Crippen LogP) is 3.15. The van der Waals surface area contributed by atoms with Crippen LogP contribution in [0.2, 0.25) is 0 Å². The van der Waals surface area contributed by atoms with E-state index in [1.165, 1.54) is 18.3 Å². The Balaban J connectivity index is 1.87. The number of hydrogen-bond donors (Lipinski definition) is 2. The Morgan fingerprint density at radius 3 is 2.63 bits per heavy atom. The summed E-state index contributed by atoms with van der Waals surface area (Å²) in [5, 5.41) is 7.28. The molecule has 0 spiro atoms. The molecule has 96 valence electrons. The Kier molecular flexibility index (Phi) is 4.58. The lowest BCUT2D eigenvalue weighted by Crippen LogP contribution is -2.23. The summed E-state index contributed by atoms with van der Waals surface area (Å²) in [5.41, 5.74) is 4.20. The lowest BCUT2D eigenvalue weighted by Gasteiger charge is -2.06. The molecular formula is C14H12FN3S. The highest BCUT2D eigenvalue weighted by atomic mass is 32.1. The molecule has 0 radical (unpaired) electrons. The van der Waals surface area contributed by atoms with Gasteiger partial charge in [-0.15, -0.1) is 0 Å². The van der Waals surface area contributed by atoms with Crippen molar-refractivity contribution in [3.8, 4) is 0 Å². The van der Waals surface area contributed by atoms with E-state index in [4.69, 9.17) is 12.2 Å². The molecule has 0 heterocycles. The summed E-state index contributed by atoms with van der Waals surface area (Å²) in [4.78, 5) is 0. The third-order valence-corrected chi connectivity index (χ3v) is 2.45. The van der Waals surface area contributed by atoms with E-state index in [2.05, 4.69) is 15.8 Å². The maximum absolute atomic E-state index is 12.9. The van der Waals surface area contributed by atoms with Gasteiger partial charge in [-0.25, -0.2) is 4.39 Å². The highest BCUT2D eigenvalue weighted by Crippen LogP contribution is 2.04. The molecule has 0 saturated heterocycles. The van der Waals surface area contributed by atoms with Crippen molar-refractivity contribution in [2.75, 3.05) is 5.32 Å². The first-order chi connectivity index (χ1) is 9.24. The van der Waals surface area contributed by atoms with E-state index in [1.807, 2.05) is 30.3 Å². The Morgan fingerprint density at radius 1 is 1.11 bits per heavy atom. The Labute approximate surface area is 116 Å². The molecule has 0 atom stereocenters. The lowest BCUT2D eigenvalue weighted by molar-refractivity contribution is 0.627. The van der Waals surface area contributed by atoms with Crippen molar-refractivity contribution in [2.45, 2.75) is 0 Å². The Hall–Kier alpha value is -2.27. The van der Waals surface area contributed by atoms with Gasteiger partial charge in [-0.05, 0) is 42.0 Å². The van der Waals surface area contributed by atoms with Crippen LogP contribution in [0.3, 0.4) is 0 Å². The number of nitrogens with zero attached hydrogens (tertiary/aromatic N) is 1. The molecule has 0 unspecified atom stereocenters. The van der Waals surface area contributed by atoms with E-state index in [-0.39, 0.29) is 5.82 Å². The molecule has 0 aromatic heterocycles. The van der Waals surface area contributed by atoms with E-state index < -0.39 is 0 Å². The number of halogens is 1. The van der Waals surface area contributed by atoms with Crippen molar-refractivity contribution < 1.29 is 4.39 Å². The quantitative estimate of drug-likeness (QED) is 0.512. The summed E-state index contributed by atoms with van der Waals surface area (Å²) in [5.74, 6) is -0.297. The van der Waals surface area contributed by atoms with E-state index in [0.717, 1.165) is 5.69 Å². The molecule has 0 fully saturated rings. The van der Waals surface area contributed by atoms with Gasteiger partial charge in [0.25, 0.3) is 0 Å². The number of nitrogens with one attached hydrogen (secondary N) is 2. The van der Waals surface area contributed by atoms with Gasteiger partial charge in [-0.2, -0.15) is 5.10 Å². The summed E-state index contributed by atoms with van der Waals surface area (Å²) in [6, 6.07) is 15.7. The molecule has 2 aromatic rings. The molecule has 0 aliphatic heterocycles. The van der Waals surface area contributed by atoms with Gasteiger partial charge in [0.05, 0.1) is 6.21 Å². The van der Waals surface area contributed by atoms with Crippen LogP contribution in [0.1, 0.15) is 5.56 Å². The summed E-state index contributed by atoms with van der Waals surface area (Å²) < 4.78 is 12.9. The third-order valence-electron chi connectivity index (χ3n) is 2.26. The number of hydrogen-bond acceptors (Lipinski definition) is 2. The maximum atomic E-state index is 12.9. The standard InChI is InChI=1S/C14H12FN3S/c15-12-6-4-5-11(9-12)10-16-18-14(19)17-13-7-2-1-3-8-13/h1-10H,(H2,17,18,19)/b16-10-. The van der Waals surface area contributed by atoms with Gasteiger partial charge in [0, 0.05) is 5.69 Å². The Bertz CT molecular complexity index is 584. The van der Waals surface area contributed by atoms with Crippen LogP contribution < -0.4 is 10.7 Å². The SMILES string of the molecule is Fc1cccc(/C=N\NC(=S)Nc2ccccc2)c1. The zero-order valence-corrected chi connectivity index (χ0v) is 10.8. The molecule has 5 heteroatoms. The minimum atomic E-state index is -0.297. The fraction of sp³-hybridized carbons (Fsp3) is 0. The van der Waals surface area contributed by atoms with Crippen molar-refractivity contribution in [1.29, 1.82) is 0 Å². The van der Waals surface area contributed by atoms with Crippen LogP contribution in [0.5, 0.6) is 0 Å². The van der Waals surface area contributed by atoms with Gasteiger partial charge < -0.3 is 5.32 Å². The number of para-hydroxylation sites is 1. The van der Waals surface area contributed by atoms with E-state index in [9.17, 15) is 4.39 Å². The molecular weight excluding hydrogens is 261 g/mol. The highest BCUT2D eigenvalue weighted by Gasteiger charge is 1.94. The molecule has 0 aliphatic carbocycles. The van der Waals surface area contributed by atoms with Gasteiger partial charge >= 0.3 is 0 Å². The van der Waals surface area contributed by atoms with Gasteiger partial charge in [-0.3, -0.25) is 5.43 Å². The number of thiocarbonyl (C=S) groups is 1. The monoisotopic (exact) mass is 273 g/mol. The molecule has 0 aliphatic rings.